The molecule has 1 aromatic carbocycles. The van der Waals surface area contributed by atoms with Gasteiger partial charge in [0.15, 0.2) is 0 Å². The summed E-state index contributed by atoms with van der Waals surface area (Å²) in [6.07, 6.45) is 0. The van der Waals surface area contributed by atoms with Crippen LogP contribution in [-0.2, 0) is 4.74 Å². The Bertz CT molecular complexity index is 406. The molecule has 0 saturated carbocycles. The van der Waals surface area contributed by atoms with Crippen LogP contribution in [0.15, 0.2) is 24.3 Å². The molecule has 1 atom stereocenters. The molecule has 1 unspecified atom stereocenters. The number of rotatable bonds is 4. The second kappa shape index (κ2) is 5.19. The molecule has 1 aliphatic rings. The van der Waals surface area contributed by atoms with E-state index >= 15 is 0 Å². The number of hydrogen-bond acceptors (Lipinski definition) is 2. The third-order valence-electron chi connectivity index (χ3n) is 3.00. The molecule has 1 aliphatic heterocycles. The van der Waals surface area contributed by atoms with E-state index in [0.29, 0.717) is 19.7 Å². The largest absolute Gasteiger partial charge is 0.383 e. The molecule has 0 spiro atoms. The van der Waals surface area contributed by atoms with Crippen molar-refractivity contribution >= 4 is 6.03 Å². The van der Waals surface area contributed by atoms with Crippen molar-refractivity contribution < 1.29 is 9.53 Å². The second-order valence-corrected chi connectivity index (χ2v) is 4.36. The van der Waals surface area contributed by atoms with Gasteiger partial charge in [-0.25, -0.2) is 4.79 Å². The van der Waals surface area contributed by atoms with E-state index in [0.717, 1.165) is 0 Å². The lowest BCUT2D eigenvalue weighted by Crippen LogP contribution is -2.30. The Hall–Kier alpha value is -1.55. The Morgan fingerprint density at radius 2 is 2.35 bits per heavy atom. The first-order chi connectivity index (χ1) is 8.20. The van der Waals surface area contributed by atoms with Crippen molar-refractivity contribution in [2.75, 3.05) is 26.8 Å². The predicted molar refractivity (Wildman–Crippen MR) is 65.9 cm³/mol. The molecule has 1 N–H and O–H groups in total. The zero-order valence-electron chi connectivity index (χ0n) is 10.3. The SMILES string of the molecule is COCCN1CC(c2cccc(C)c2)NC1=O. The number of nitrogens with one attached hydrogen (secondary N) is 1. The minimum Gasteiger partial charge on any atom is -0.383 e. The van der Waals surface area contributed by atoms with Gasteiger partial charge in [-0.15, -0.1) is 0 Å². The van der Waals surface area contributed by atoms with Crippen LogP contribution in [0.5, 0.6) is 0 Å². The number of methoxy groups -OCH3 is 1. The summed E-state index contributed by atoms with van der Waals surface area (Å²) in [5.41, 5.74) is 2.38. The van der Waals surface area contributed by atoms with Crippen molar-refractivity contribution in [3.05, 3.63) is 35.4 Å². The maximum absolute atomic E-state index is 11.7. The van der Waals surface area contributed by atoms with Gasteiger partial charge in [-0.05, 0) is 12.5 Å². The highest BCUT2D eigenvalue weighted by molar-refractivity contribution is 5.77. The molecule has 4 heteroatoms. The molecular weight excluding hydrogens is 216 g/mol. The van der Waals surface area contributed by atoms with Crippen molar-refractivity contribution in [2.24, 2.45) is 0 Å². The molecule has 0 aromatic heterocycles. The molecule has 1 heterocycles. The Balaban J connectivity index is 2.03. The highest BCUT2D eigenvalue weighted by atomic mass is 16.5. The van der Waals surface area contributed by atoms with E-state index in [2.05, 4.69) is 30.4 Å². The summed E-state index contributed by atoms with van der Waals surface area (Å²) in [6, 6.07) is 8.34. The van der Waals surface area contributed by atoms with Crippen molar-refractivity contribution in [1.29, 1.82) is 0 Å². The molecule has 0 aliphatic carbocycles. The summed E-state index contributed by atoms with van der Waals surface area (Å²) < 4.78 is 4.99. The Kier molecular flexibility index (Phi) is 3.64. The number of nitrogens with zero attached hydrogens (tertiary/aromatic N) is 1. The monoisotopic (exact) mass is 234 g/mol. The third kappa shape index (κ3) is 2.77. The third-order valence-corrected chi connectivity index (χ3v) is 3.00. The lowest BCUT2D eigenvalue weighted by atomic mass is 10.1. The zero-order valence-corrected chi connectivity index (χ0v) is 10.3. The van der Waals surface area contributed by atoms with E-state index in [4.69, 9.17) is 4.74 Å². The molecule has 1 saturated heterocycles. The number of carbonyl (C=O) groups excluding carboxylic acids is 1. The first-order valence-corrected chi connectivity index (χ1v) is 5.81. The minimum absolute atomic E-state index is 0.00597. The first-order valence-electron chi connectivity index (χ1n) is 5.81. The average molecular weight is 234 g/mol. The fraction of sp³-hybridized carbons (Fsp3) is 0.462. The average Bonchev–Trinajstić information content (AvgIpc) is 2.68. The van der Waals surface area contributed by atoms with Crippen LogP contribution in [0.3, 0.4) is 0 Å². The molecule has 2 rings (SSSR count). The Morgan fingerprint density at radius 3 is 3.06 bits per heavy atom. The van der Waals surface area contributed by atoms with Gasteiger partial charge < -0.3 is 15.0 Å². The van der Waals surface area contributed by atoms with Crippen molar-refractivity contribution in [2.45, 2.75) is 13.0 Å². The van der Waals surface area contributed by atoms with Crippen LogP contribution in [0, 0.1) is 6.92 Å². The number of amides is 2. The topological polar surface area (TPSA) is 41.6 Å². The number of urea groups is 1. The normalized spacial score (nSPS) is 19.5. The number of ether oxygens (including phenoxy) is 1. The van der Waals surface area contributed by atoms with Gasteiger partial charge in [0.1, 0.15) is 0 Å². The zero-order chi connectivity index (χ0) is 12.3. The van der Waals surface area contributed by atoms with E-state index in [-0.39, 0.29) is 12.1 Å². The van der Waals surface area contributed by atoms with Crippen LogP contribution in [0.25, 0.3) is 0 Å². The van der Waals surface area contributed by atoms with Crippen molar-refractivity contribution in [3.63, 3.8) is 0 Å². The molecule has 92 valence electrons. The minimum atomic E-state index is -0.00597. The predicted octanol–water partition coefficient (Wildman–Crippen LogP) is 1.71. The second-order valence-electron chi connectivity index (χ2n) is 4.36. The lowest BCUT2D eigenvalue weighted by molar-refractivity contribution is 0.161. The van der Waals surface area contributed by atoms with E-state index in [9.17, 15) is 4.79 Å². The molecule has 1 fully saturated rings. The number of hydrogen-bond donors (Lipinski definition) is 1. The summed E-state index contributed by atoms with van der Waals surface area (Å²) in [5.74, 6) is 0. The van der Waals surface area contributed by atoms with Gasteiger partial charge in [-0.3, -0.25) is 0 Å². The fourth-order valence-corrected chi connectivity index (χ4v) is 2.06. The van der Waals surface area contributed by atoms with Crippen LogP contribution in [0.1, 0.15) is 17.2 Å². The summed E-state index contributed by atoms with van der Waals surface area (Å²) in [6.45, 7) is 3.99. The van der Waals surface area contributed by atoms with Gasteiger partial charge in [-0.1, -0.05) is 29.8 Å². The van der Waals surface area contributed by atoms with E-state index in [1.165, 1.54) is 11.1 Å². The van der Waals surface area contributed by atoms with Crippen LogP contribution >= 0.6 is 0 Å². The van der Waals surface area contributed by atoms with Gasteiger partial charge in [0, 0.05) is 20.2 Å². The Morgan fingerprint density at radius 1 is 1.53 bits per heavy atom. The fourth-order valence-electron chi connectivity index (χ4n) is 2.06. The van der Waals surface area contributed by atoms with E-state index in [1.54, 1.807) is 12.0 Å². The standard InChI is InChI=1S/C13H18N2O2/c1-10-4-3-5-11(8-10)12-9-15(6-7-17-2)13(16)14-12/h3-5,8,12H,6-7,9H2,1-2H3,(H,14,16). The van der Waals surface area contributed by atoms with Gasteiger partial charge in [0.05, 0.1) is 12.6 Å². The smallest absolute Gasteiger partial charge is 0.318 e. The molecule has 17 heavy (non-hydrogen) atoms. The highest BCUT2D eigenvalue weighted by Gasteiger charge is 2.29. The van der Waals surface area contributed by atoms with Crippen LogP contribution < -0.4 is 5.32 Å². The van der Waals surface area contributed by atoms with Gasteiger partial charge in [-0.2, -0.15) is 0 Å². The van der Waals surface area contributed by atoms with Crippen LogP contribution in [0.4, 0.5) is 4.79 Å². The van der Waals surface area contributed by atoms with Crippen LogP contribution in [-0.4, -0.2) is 37.7 Å². The lowest BCUT2D eigenvalue weighted by Gasteiger charge is -2.14. The highest BCUT2D eigenvalue weighted by Crippen LogP contribution is 2.20. The van der Waals surface area contributed by atoms with E-state index < -0.39 is 0 Å². The van der Waals surface area contributed by atoms with Gasteiger partial charge in [0.2, 0.25) is 0 Å². The van der Waals surface area contributed by atoms with E-state index in [1.807, 2.05) is 6.07 Å². The molecular formula is C13H18N2O2. The Labute approximate surface area is 102 Å². The maximum Gasteiger partial charge on any atom is 0.318 e. The number of carbonyl (C=O) groups is 1. The molecule has 0 bridgehead atoms. The molecule has 2 amide bonds. The first kappa shape index (κ1) is 11.9. The van der Waals surface area contributed by atoms with Crippen molar-refractivity contribution in [1.82, 2.24) is 10.2 Å². The summed E-state index contributed by atoms with van der Waals surface area (Å²) in [4.78, 5) is 13.5. The van der Waals surface area contributed by atoms with Gasteiger partial charge in [0.25, 0.3) is 0 Å². The summed E-state index contributed by atoms with van der Waals surface area (Å²) in [5, 5.41) is 2.99. The van der Waals surface area contributed by atoms with Crippen LogP contribution in [0.2, 0.25) is 0 Å². The summed E-state index contributed by atoms with van der Waals surface area (Å²) >= 11 is 0. The summed E-state index contributed by atoms with van der Waals surface area (Å²) in [7, 11) is 1.64. The molecule has 4 nitrogen and oxygen atoms in total. The molecule has 0 radical (unpaired) electrons. The quantitative estimate of drug-likeness (QED) is 0.861. The maximum atomic E-state index is 11.7. The molecule has 1 aromatic rings. The van der Waals surface area contributed by atoms with Crippen molar-refractivity contribution in [3.8, 4) is 0 Å². The number of benzene rings is 1. The van der Waals surface area contributed by atoms with Gasteiger partial charge >= 0.3 is 6.03 Å². The number of aryl methyl sites for hydroxylation is 1.